The third-order valence-electron chi connectivity index (χ3n) is 5.62. The Labute approximate surface area is 188 Å². The van der Waals surface area contributed by atoms with Crippen molar-refractivity contribution in [2.24, 2.45) is 0 Å². The fourth-order valence-corrected chi connectivity index (χ4v) is 5.84. The highest BCUT2D eigenvalue weighted by molar-refractivity contribution is 8.01. The van der Waals surface area contributed by atoms with Gasteiger partial charge in [-0.2, -0.15) is 0 Å². The first-order chi connectivity index (χ1) is 15.0. The number of rotatable bonds is 3. The average molecular weight is 453 g/mol. The lowest BCUT2D eigenvalue weighted by Gasteiger charge is -2.42. The van der Waals surface area contributed by atoms with E-state index in [1.54, 1.807) is 46.2 Å². The standard InChI is InChI=1S/C24H18ClFN2O2S/c25-17-7-11-19(12-8-17)28-22(29)13-14-31-24(28)20-3-1-2-4-21(20)27(23(24)30)15-16-5-9-18(26)10-6-16/h1-12H,13-15H2/t24-/m1/s1. The van der Waals surface area contributed by atoms with Crippen LogP contribution in [0.25, 0.3) is 0 Å². The van der Waals surface area contributed by atoms with Crippen LogP contribution in [0.5, 0.6) is 0 Å². The van der Waals surface area contributed by atoms with E-state index in [1.165, 1.54) is 23.9 Å². The van der Waals surface area contributed by atoms with Crippen LogP contribution in [0.2, 0.25) is 5.02 Å². The van der Waals surface area contributed by atoms with Crippen LogP contribution in [0.1, 0.15) is 17.5 Å². The molecule has 0 bridgehead atoms. The Hall–Kier alpha value is -2.83. The van der Waals surface area contributed by atoms with Crippen LogP contribution >= 0.6 is 23.4 Å². The van der Waals surface area contributed by atoms with E-state index in [1.807, 2.05) is 24.3 Å². The summed E-state index contributed by atoms with van der Waals surface area (Å²) >= 11 is 7.53. The summed E-state index contributed by atoms with van der Waals surface area (Å²) in [4.78, 5) is 29.3. The first-order valence-corrected chi connectivity index (χ1v) is 11.3. The predicted molar refractivity (Wildman–Crippen MR) is 122 cm³/mol. The van der Waals surface area contributed by atoms with Crippen LogP contribution in [0.3, 0.4) is 0 Å². The highest BCUT2D eigenvalue weighted by Gasteiger charge is 2.58. The largest absolute Gasteiger partial charge is 0.304 e. The molecule has 156 valence electrons. The Morgan fingerprint density at radius 3 is 2.42 bits per heavy atom. The molecule has 2 aliphatic rings. The van der Waals surface area contributed by atoms with Gasteiger partial charge in [0.1, 0.15) is 5.82 Å². The molecule has 0 N–H and O–H groups in total. The molecule has 0 aromatic heterocycles. The second kappa shape index (κ2) is 7.70. The molecule has 2 aliphatic heterocycles. The maximum Gasteiger partial charge on any atom is 0.269 e. The molecule has 4 nitrogen and oxygen atoms in total. The molecule has 0 radical (unpaired) electrons. The van der Waals surface area contributed by atoms with Crippen molar-refractivity contribution in [2.45, 2.75) is 17.8 Å². The Morgan fingerprint density at radius 2 is 1.68 bits per heavy atom. The number of fused-ring (bicyclic) bond motifs is 2. The second-order valence-electron chi connectivity index (χ2n) is 7.48. The minimum Gasteiger partial charge on any atom is -0.304 e. The van der Waals surface area contributed by atoms with Crippen LogP contribution in [0.4, 0.5) is 15.8 Å². The molecule has 7 heteroatoms. The number of para-hydroxylation sites is 1. The molecule has 1 fully saturated rings. The molecule has 1 saturated heterocycles. The highest BCUT2D eigenvalue weighted by Crippen LogP contribution is 2.54. The number of hydrogen-bond donors (Lipinski definition) is 0. The second-order valence-corrected chi connectivity index (χ2v) is 9.21. The molecule has 2 amide bonds. The average Bonchev–Trinajstić information content (AvgIpc) is 3.00. The van der Waals surface area contributed by atoms with Crippen LogP contribution in [0, 0.1) is 5.82 Å². The van der Waals surface area contributed by atoms with Gasteiger partial charge in [0, 0.05) is 28.4 Å². The highest BCUT2D eigenvalue weighted by atomic mass is 35.5. The zero-order valence-corrected chi connectivity index (χ0v) is 18.0. The normalized spacial score (nSPS) is 20.5. The van der Waals surface area contributed by atoms with Gasteiger partial charge in [-0.25, -0.2) is 4.39 Å². The fourth-order valence-electron chi connectivity index (χ4n) is 4.24. The summed E-state index contributed by atoms with van der Waals surface area (Å²) in [7, 11) is 0. The van der Waals surface area contributed by atoms with Crippen LogP contribution in [-0.4, -0.2) is 17.6 Å². The van der Waals surface area contributed by atoms with Crippen LogP contribution in [-0.2, 0) is 21.0 Å². The summed E-state index contributed by atoms with van der Waals surface area (Å²) < 4.78 is 13.4. The molecular weight excluding hydrogens is 435 g/mol. The van der Waals surface area contributed by atoms with Crippen molar-refractivity contribution < 1.29 is 14.0 Å². The lowest BCUT2D eigenvalue weighted by Crippen LogP contribution is -2.56. The molecule has 0 saturated carbocycles. The van der Waals surface area contributed by atoms with Crippen LogP contribution in [0.15, 0.2) is 72.8 Å². The Kier molecular flexibility index (Phi) is 4.99. The molecule has 0 unspecified atom stereocenters. The van der Waals surface area contributed by atoms with E-state index < -0.39 is 4.87 Å². The number of nitrogens with zero attached hydrogens (tertiary/aromatic N) is 2. The van der Waals surface area contributed by atoms with Gasteiger partial charge in [0.15, 0.2) is 0 Å². The van der Waals surface area contributed by atoms with E-state index >= 15 is 0 Å². The Morgan fingerprint density at radius 1 is 0.968 bits per heavy atom. The summed E-state index contributed by atoms with van der Waals surface area (Å²) in [6.45, 7) is 0.293. The van der Waals surface area contributed by atoms with Gasteiger partial charge < -0.3 is 4.90 Å². The van der Waals surface area contributed by atoms with Crippen molar-refractivity contribution in [3.63, 3.8) is 0 Å². The monoisotopic (exact) mass is 452 g/mol. The lowest BCUT2D eigenvalue weighted by molar-refractivity contribution is -0.125. The van der Waals surface area contributed by atoms with Crippen molar-refractivity contribution in [1.82, 2.24) is 0 Å². The van der Waals surface area contributed by atoms with Gasteiger partial charge in [0.05, 0.1) is 12.2 Å². The summed E-state index contributed by atoms with van der Waals surface area (Å²) in [6.07, 6.45) is 0.350. The van der Waals surface area contributed by atoms with Gasteiger partial charge in [-0.1, -0.05) is 41.9 Å². The van der Waals surface area contributed by atoms with E-state index in [9.17, 15) is 14.0 Å². The van der Waals surface area contributed by atoms with E-state index in [2.05, 4.69) is 0 Å². The van der Waals surface area contributed by atoms with Crippen molar-refractivity contribution in [1.29, 1.82) is 0 Å². The minimum absolute atomic E-state index is 0.104. The minimum atomic E-state index is -1.18. The van der Waals surface area contributed by atoms with Gasteiger partial charge in [-0.3, -0.25) is 14.5 Å². The number of thioether (sulfide) groups is 1. The molecule has 5 rings (SSSR count). The first kappa shape index (κ1) is 20.1. The number of benzene rings is 3. The van der Waals surface area contributed by atoms with Crippen molar-refractivity contribution in [3.05, 3.63) is 94.8 Å². The van der Waals surface area contributed by atoms with Crippen molar-refractivity contribution in [2.75, 3.05) is 15.6 Å². The van der Waals surface area contributed by atoms with E-state index in [0.717, 1.165) is 16.8 Å². The number of amides is 2. The van der Waals surface area contributed by atoms with Crippen LogP contribution < -0.4 is 9.80 Å². The molecule has 2 heterocycles. The number of carbonyl (C=O) groups excluding carboxylic acids is 2. The number of hydrogen-bond acceptors (Lipinski definition) is 3. The molecular formula is C24H18ClFN2O2S. The predicted octanol–water partition coefficient (Wildman–Crippen LogP) is 5.35. The Bertz CT molecular complexity index is 1170. The van der Waals surface area contributed by atoms with Gasteiger partial charge >= 0.3 is 0 Å². The Balaban J connectivity index is 1.64. The maximum atomic E-state index is 14.0. The topological polar surface area (TPSA) is 40.6 Å². The summed E-state index contributed by atoms with van der Waals surface area (Å²) in [5.74, 6) is -0.0532. The molecule has 3 aromatic rings. The number of carbonyl (C=O) groups is 2. The lowest BCUT2D eigenvalue weighted by atomic mass is 10.0. The fraction of sp³-hybridized carbons (Fsp3) is 0.167. The third kappa shape index (κ3) is 3.22. The van der Waals surface area contributed by atoms with Gasteiger partial charge in [0.2, 0.25) is 10.8 Å². The number of halogens is 2. The third-order valence-corrected chi connectivity index (χ3v) is 7.28. The SMILES string of the molecule is O=C1CCS[C@]2(C(=O)N(Cc3ccc(F)cc3)c3ccccc32)N1c1ccc(Cl)cc1. The van der Waals surface area contributed by atoms with E-state index in [0.29, 0.717) is 29.4 Å². The zero-order chi connectivity index (χ0) is 21.6. The van der Waals surface area contributed by atoms with E-state index in [4.69, 9.17) is 11.6 Å². The van der Waals surface area contributed by atoms with Crippen molar-refractivity contribution in [3.8, 4) is 0 Å². The first-order valence-electron chi connectivity index (χ1n) is 9.89. The molecule has 0 aliphatic carbocycles. The maximum absolute atomic E-state index is 14.0. The molecule has 31 heavy (non-hydrogen) atoms. The summed E-state index contributed by atoms with van der Waals surface area (Å²) in [6, 6.07) is 20.7. The molecule has 3 aromatic carbocycles. The molecule has 1 atom stereocenters. The number of anilines is 2. The quantitative estimate of drug-likeness (QED) is 0.538. The summed E-state index contributed by atoms with van der Waals surface area (Å²) in [5, 5.41) is 0.561. The van der Waals surface area contributed by atoms with Gasteiger partial charge in [-0.15, -0.1) is 11.8 Å². The smallest absolute Gasteiger partial charge is 0.269 e. The van der Waals surface area contributed by atoms with Crippen molar-refractivity contribution >= 4 is 46.6 Å². The molecule has 1 spiro atoms. The summed E-state index contributed by atoms with van der Waals surface area (Å²) in [5.41, 5.74) is 2.99. The van der Waals surface area contributed by atoms with E-state index in [-0.39, 0.29) is 17.6 Å². The van der Waals surface area contributed by atoms with Gasteiger partial charge in [0.25, 0.3) is 5.91 Å². The zero-order valence-electron chi connectivity index (χ0n) is 16.4. The van der Waals surface area contributed by atoms with Gasteiger partial charge in [-0.05, 0) is 48.0 Å².